The van der Waals surface area contributed by atoms with E-state index >= 15 is 0 Å². The van der Waals surface area contributed by atoms with Crippen molar-refractivity contribution in [3.63, 3.8) is 0 Å². The van der Waals surface area contributed by atoms with Crippen LogP contribution in [-0.2, 0) is 9.47 Å². The van der Waals surface area contributed by atoms with Crippen LogP contribution in [0.1, 0.15) is 32.4 Å². The van der Waals surface area contributed by atoms with Crippen molar-refractivity contribution in [1.29, 1.82) is 0 Å². The van der Waals surface area contributed by atoms with Crippen LogP contribution in [0.2, 0.25) is 0 Å². The van der Waals surface area contributed by atoms with E-state index in [1.54, 1.807) is 34.3 Å². The Morgan fingerprint density at radius 2 is 2.08 bits per heavy atom. The molecule has 0 aromatic heterocycles. The van der Waals surface area contributed by atoms with Crippen molar-refractivity contribution in [2.45, 2.75) is 32.5 Å². The molecule has 6 nitrogen and oxygen atoms in total. The number of nitrogens with zero attached hydrogens (tertiary/aromatic N) is 1. The molecule has 2 heterocycles. The molecule has 0 amide bonds. The summed E-state index contributed by atoms with van der Waals surface area (Å²) in [6, 6.07) is 3.81. The van der Waals surface area contributed by atoms with E-state index in [0.29, 0.717) is 29.7 Å². The summed E-state index contributed by atoms with van der Waals surface area (Å²) in [4.78, 5) is 4.61. The van der Waals surface area contributed by atoms with E-state index in [-0.39, 0.29) is 17.9 Å². The largest absolute Gasteiger partial charge is 0.491 e. The number of hydrogen-bond donors (Lipinski definition) is 1. The van der Waals surface area contributed by atoms with Gasteiger partial charge in [0, 0.05) is 18.6 Å². The van der Waals surface area contributed by atoms with E-state index in [2.05, 4.69) is 4.99 Å². The van der Waals surface area contributed by atoms with Crippen molar-refractivity contribution in [2.24, 2.45) is 16.8 Å². The maximum absolute atomic E-state index is 10.1. The number of aliphatic hydroxyl groups is 1. The monoisotopic (exact) mass is 347 g/mol. The molecule has 6 heteroatoms. The second kappa shape index (κ2) is 6.69. The first-order chi connectivity index (χ1) is 11.9. The highest BCUT2D eigenvalue weighted by molar-refractivity contribution is 5.90. The maximum atomic E-state index is 10.1. The second-order valence-electron chi connectivity index (χ2n) is 6.98. The Labute approximate surface area is 148 Å². The quantitative estimate of drug-likeness (QED) is 0.854. The highest BCUT2D eigenvalue weighted by Crippen LogP contribution is 2.49. The third-order valence-electron chi connectivity index (χ3n) is 4.89. The lowest BCUT2D eigenvalue weighted by Gasteiger charge is -2.29. The summed E-state index contributed by atoms with van der Waals surface area (Å²) >= 11 is 0. The molecule has 0 bridgehead atoms. The van der Waals surface area contributed by atoms with Crippen molar-refractivity contribution >= 4 is 11.6 Å². The van der Waals surface area contributed by atoms with E-state index in [1.807, 2.05) is 25.1 Å². The molecule has 2 aliphatic rings. The van der Waals surface area contributed by atoms with Gasteiger partial charge in [-0.2, -0.15) is 0 Å². The third kappa shape index (κ3) is 3.24. The topological polar surface area (TPSA) is 69.5 Å². The van der Waals surface area contributed by atoms with Crippen LogP contribution in [0.4, 0.5) is 5.69 Å². The summed E-state index contributed by atoms with van der Waals surface area (Å²) in [7, 11) is 3.26. The van der Waals surface area contributed by atoms with Crippen LogP contribution < -0.4 is 9.47 Å². The number of methoxy groups -OCH3 is 2. The van der Waals surface area contributed by atoms with Gasteiger partial charge in [0.1, 0.15) is 5.69 Å². The van der Waals surface area contributed by atoms with E-state index in [4.69, 9.17) is 18.9 Å². The first kappa shape index (κ1) is 17.8. The third-order valence-corrected chi connectivity index (χ3v) is 4.89. The van der Waals surface area contributed by atoms with Crippen LogP contribution in [0.3, 0.4) is 0 Å². The van der Waals surface area contributed by atoms with Gasteiger partial charge in [0.05, 0.1) is 37.6 Å². The highest BCUT2D eigenvalue weighted by Gasteiger charge is 2.37. The number of hydrogen-bond acceptors (Lipinski definition) is 6. The van der Waals surface area contributed by atoms with Gasteiger partial charge in [-0.3, -0.25) is 0 Å². The summed E-state index contributed by atoms with van der Waals surface area (Å²) in [5.74, 6) is 1.66. The van der Waals surface area contributed by atoms with Crippen LogP contribution in [0, 0.1) is 11.8 Å². The molecule has 0 aliphatic carbocycles. The fourth-order valence-corrected chi connectivity index (χ4v) is 2.91. The van der Waals surface area contributed by atoms with Gasteiger partial charge in [-0.15, -0.1) is 0 Å². The van der Waals surface area contributed by atoms with Crippen LogP contribution >= 0.6 is 0 Å². The van der Waals surface area contributed by atoms with E-state index in [1.165, 1.54) is 0 Å². The second-order valence-corrected chi connectivity index (χ2v) is 6.98. The van der Waals surface area contributed by atoms with E-state index < -0.39 is 5.60 Å². The number of benzene rings is 1. The Morgan fingerprint density at radius 1 is 1.32 bits per heavy atom. The van der Waals surface area contributed by atoms with Crippen molar-refractivity contribution in [1.82, 2.24) is 0 Å². The lowest BCUT2D eigenvalue weighted by Crippen LogP contribution is -2.32. The molecule has 2 aliphatic heterocycles. The Kier molecular flexibility index (Phi) is 4.75. The zero-order valence-electron chi connectivity index (χ0n) is 15.3. The molecule has 136 valence electrons. The van der Waals surface area contributed by atoms with Crippen LogP contribution in [-0.4, -0.2) is 37.4 Å². The fraction of sp³-hybridized carbons (Fsp3) is 0.526. The lowest BCUT2D eigenvalue weighted by molar-refractivity contribution is 0.00457. The summed E-state index contributed by atoms with van der Waals surface area (Å²) in [6.07, 6.45) is 3.40. The molecular weight excluding hydrogens is 322 g/mol. The van der Waals surface area contributed by atoms with Crippen LogP contribution in [0.25, 0.3) is 0 Å². The molecule has 0 spiro atoms. The van der Waals surface area contributed by atoms with Crippen LogP contribution in [0.15, 0.2) is 29.5 Å². The van der Waals surface area contributed by atoms with Gasteiger partial charge in [0.2, 0.25) is 5.90 Å². The van der Waals surface area contributed by atoms with Crippen molar-refractivity contribution < 1.29 is 24.1 Å². The van der Waals surface area contributed by atoms with Gasteiger partial charge in [-0.05, 0) is 26.0 Å². The normalized spacial score (nSPS) is 22.6. The van der Waals surface area contributed by atoms with Crippen molar-refractivity contribution in [3.8, 4) is 11.5 Å². The maximum Gasteiger partial charge on any atom is 0.204 e. The van der Waals surface area contributed by atoms with Gasteiger partial charge in [0.25, 0.3) is 0 Å². The molecule has 25 heavy (non-hydrogen) atoms. The predicted molar refractivity (Wildman–Crippen MR) is 94.5 cm³/mol. The van der Waals surface area contributed by atoms with Gasteiger partial charge < -0.3 is 24.1 Å². The summed E-state index contributed by atoms with van der Waals surface area (Å²) < 4.78 is 22.6. The van der Waals surface area contributed by atoms with Crippen LogP contribution in [0.5, 0.6) is 11.5 Å². The van der Waals surface area contributed by atoms with Gasteiger partial charge in [-0.1, -0.05) is 13.0 Å². The molecule has 0 saturated carbocycles. The van der Waals surface area contributed by atoms with E-state index in [0.717, 1.165) is 5.56 Å². The SMILES string of the molecule is COc1c(OCC(C)C(C)(C)O)ccc2c1N=C1OC=CC1C2OC. The first-order valence-electron chi connectivity index (χ1n) is 8.37. The highest BCUT2D eigenvalue weighted by atomic mass is 16.5. The number of fused-ring (bicyclic) bond motifs is 2. The minimum absolute atomic E-state index is 0.0239. The number of aliphatic imine (C=N–C) groups is 1. The molecule has 0 saturated heterocycles. The molecule has 3 atom stereocenters. The standard InChI is InChI=1S/C19H25NO5/c1-11(19(2,3)21)10-25-14-7-6-12-15(17(14)23-5)20-18-13(8-9-24-18)16(12)22-4/h6-9,11,13,16,21H,10H2,1-5H3. The molecule has 0 fully saturated rings. The van der Waals surface area contributed by atoms with Gasteiger partial charge in [-0.25, -0.2) is 4.99 Å². The summed E-state index contributed by atoms with van der Waals surface area (Å²) in [5, 5.41) is 10.1. The molecule has 1 aromatic carbocycles. The summed E-state index contributed by atoms with van der Waals surface area (Å²) in [5.41, 5.74) is 0.781. The summed E-state index contributed by atoms with van der Waals surface area (Å²) in [6.45, 7) is 5.84. The van der Waals surface area contributed by atoms with Gasteiger partial charge in [0.15, 0.2) is 11.5 Å². The minimum atomic E-state index is -0.820. The Balaban J connectivity index is 1.94. The minimum Gasteiger partial charge on any atom is -0.491 e. The van der Waals surface area contributed by atoms with E-state index in [9.17, 15) is 5.11 Å². The smallest absolute Gasteiger partial charge is 0.204 e. The predicted octanol–water partition coefficient (Wildman–Crippen LogP) is 3.37. The molecule has 0 radical (unpaired) electrons. The molecule has 1 N–H and O–H groups in total. The fourth-order valence-electron chi connectivity index (χ4n) is 2.91. The molecule has 1 aromatic rings. The average molecular weight is 347 g/mol. The van der Waals surface area contributed by atoms with Gasteiger partial charge >= 0.3 is 0 Å². The zero-order chi connectivity index (χ0) is 18.2. The Morgan fingerprint density at radius 3 is 2.72 bits per heavy atom. The van der Waals surface area contributed by atoms with Crippen molar-refractivity contribution in [2.75, 3.05) is 20.8 Å². The molecule has 3 rings (SSSR count). The lowest BCUT2D eigenvalue weighted by atomic mass is 9.91. The average Bonchev–Trinajstić information content (AvgIpc) is 3.04. The Hall–Kier alpha value is -2.05. The first-order valence-corrected chi connectivity index (χ1v) is 8.37. The van der Waals surface area contributed by atoms with Crippen molar-refractivity contribution in [3.05, 3.63) is 30.0 Å². The molecular formula is C19H25NO5. The Bertz CT molecular complexity index is 705. The number of rotatable bonds is 6. The zero-order valence-corrected chi connectivity index (χ0v) is 15.3. The molecule has 3 unspecified atom stereocenters. The number of ether oxygens (including phenoxy) is 4.